The van der Waals surface area contributed by atoms with Crippen molar-refractivity contribution in [3.8, 4) is 0 Å². The smallest absolute Gasteiger partial charge is 0.290 e. The zero-order valence-corrected chi connectivity index (χ0v) is 12.3. The Hall–Kier alpha value is -2.11. The molecule has 1 saturated heterocycles. The van der Waals surface area contributed by atoms with E-state index in [-0.39, 0.29) is 11.9 Å². The topological polar surface area (TPSA) is 72.4 Å². The van der Waals surface area contributed by atoms with Gasteiger partial charge in [0.1, 0.15) is 6.04 Å². The van der Waals surface area contributed by atoms with Gasteiger partial charge in [-0.1, -0.05) is 12.8 Å². The molecule has 0 N–H and O–H groups in total. The van der Waals surface area contributed by atoms with Crippen molar-refractivity contribution in [1.29, 1.82) is 0 Å². The molecule has 21 heavy (non-hydrogen) atoms. The van der Waals surface area contributed by atoms with Gasteiger partial charge in [-0.25, -0.2) is 0 Å². The average Bonchev–Trinajstić information content (AvgIpc) is 3.00. The Kier molecular flexibility index (Phi) is 3.77. The van der Waals surface area contributed by atoms with Crippen molar-refractivity contribution in [2.24, 2.45) is 0 Å². The summed E-state index contributed by atoms with van der Waals surface area (Å²) >= 11 is 0. The Morgan fingerprint density at radius 2 is 2.14 bits per heavy atom. The van der Waals surface area contributed by atoms with Crippen LogP contribution in [0.5, 0.6) is 0 Å². The average molecular weight is 289 g/mol. The Bertz CT molecular complexity index is 632. The SMILES string of the molecule is Cc1nnc(C2CCCCCN2C(=O)c2occc2C)o1. The van der Waals surface area contributed by atoms with Crippen molar-refractivity contribution in [3.63, 3.8) is 0 Å². The van der Waals surface area contributed by atoms with Crippen LogP contribution in [-0.2, 0) is 0 Å². The molecule has 0 aliphatic carbocycles. The van der Waals surface area contributed by atoms with E-state index in [4.69, 9.17) is 8.83 Å². The summed E-state index contributed by atoms with van der Waals surface area (Å²) < 4.78 is 10.9. The lowest BCUT2D eigenvalue weighted by atomic mass is 10.1. The van der Waals surface area contributed by atoms with Crippen molar-refractivity contribution < 1.29 is 13.6 Å². The number of hydrogen-bond acceptors (Lipinski definition) is 5. The van der Waals surface area contributed by atoms with Crippen LogP contribution in [0.2, 0.25) is 0 Å². The third-order valence-electron chi connectivity index (χ3n) is 3.90. The van der Waals surface area contributed by atoms with Crippen LogP contribution in [0, 0.1) is 13.8 Å². The highest BCUT2D eigenvalue weighted by atomic mass is 16.4. The predicted octanol–water partition coefficient (Wildman–Crippen LogP) is 3.04. The molecule has 1 unspecified atom stereocenters. The minimum Gasteiger partial charge on any atom is -0.459 e. The van der Waals surface area contributed by atoms with Crippen LogP contribution in [0.1, 0.15) is 59.6 Å². The highest BCUT2D eigenvalue weighted by molar-refractivity contribution is 5.93. The molecule has 0 bridgehead atoms. The molecule has 1 amide bonds. The van der Waals surface area contributed by atoms with Crippen LogP contribution < -0.4 is 0 Å². The van der Waals surface area contributed by atoms with Gasteiger partial charge < -0.3 is 13.7 Å². The van der Waals surface area contributed by atoms with Crippen LogP contribution in [0.3, 0.4) is 0 Å². The standard InChI is InChI=1S/C15H19N3O3/c1-10-7-9-20-13(10)15(19)18-8-5-3-4-6-12(18)14-17-16-11(2)21-14/h7,9,12H,3-6,8H2,1-2H3. The Balaban J connectivity index is 1.92. The van der Waals surface area contributed by atoms with Crippen LogP contribution in [-0.4, -0.2) is 27.5 Å². The summed E-state index contributed by atoms with van der Waals surface area (Å²) in [4.78, 5) is 14.6. The van der Waals surface area contributed by atoms with Crippen LogP contribution in [0.25, 0.3) is 0 Å². The first kappa shape index (κ1) is 13.9. The lowest BCUT2D eigenvalue weighted by Gasteiger charge is -2.26. The lowest BCUT2D eigenvalue weighted by molar-refractivity contribution is 0.0617. The van der Waals surface area contributed by atoms with E-state index in [9.17, 15) is 4.79 Å². The van der Waals surface area contributed by atoms with Gasteiger partial charge in [0.15, 0.2) is 5.76 Å². The second-order valence-electron chi connectivity index (χ2n) is 5.46. The number of furan rings is 1. The number of amides is 1. The molecule has 0 spiro atoms. The lowest BCUT2D eigenvalue weighted by Crippen LogP contribution is -2.35. The third kappa shape index (κ3) is 2.70. The second kappa shape index (κ2) is 5.71. The van der Waals surface area contributed by atoms with Crippen molar-refractivity contribution in [2.75, 3.05) is 6.54 Å². The Labute approximate surface area is 123 Å². The molecule has 2 aromatic rings. The summed E-state index contributed by atoms with van der Waals surface area (Å²) in [6.07, 6.45) is 5.52. The Morgan fingerprint density at radius 1 is 1.29 bits per heavy atom. The zero-order chi connectivity index (χ0) is 14.8. The number of aromatic nitrogens is 2. The van der Waals surface area contributed by atoms with Gasteiger partial charge in [0, 0.05) is 19.0 Å². The van der Waals surface area contributed by atoms with E-state index < -0.39 is 0 Å². The first-order valence-electron chi connectivity index (χ1n) is 7.32. The van der Waals surface area contributed by atoms with E-state index in [2.05, 4.69) is 10.2 Å². The summed E-state index contributed by atoms with van der Waals surface area (Å²) in [6, 6.07) is 1.64. The zero-order valence-electron chi connectivity index (χ0n) is 12.3. The van der Waals surface area contributed by atoms with Gasteiger partial charge in [-0.05, 0) is 25.8 Å². The van der Waals surface area contributed by atoms with Crippen LogP contribution in [0.4, 0.5) is 0 Å². The van der Waals surface area contributed by atoms with Crippen molar-refractivity contribution in [3.05, 3.63) is 35.4 Å². The van der Waals surface area contributed by atoms with E-state index >= 15 is 0 Å². The number of carbonyl (C=O) groups excluding carboxylic acids is 1. The van der Waals surface area contributed by atoms with Gasteiger partial charge in [0.25, 0.3) is 5.91 Å². The number of hydrogen-bond donors (Lipinski definition) is 0. The summed E-state index contributed by atoms with van der Waals surface area (Å²) in [5.74, 6) is 1.35. The highest BCUT2D eigenvalue weighted by Crippen LogP contribution is 2.31. The van der Waals surface area contributed by atoms with Gasteiger partial charge in [-0.3, -0.25) is 4.79 Å². The number of carbonyl (C=O) groups is 1. The minimum absolute atomic E-state index is 0.0970. The van der Waals surface area contributed by atoms with Gasteiger partial charge in [0.2, 0.25) is 11.8 Å². The van der Waals surface area contributed by atoms with E-state index in [1.807, 2.05) is 11.8 Å². The maximum atomic E-state index is 12.8. The summed E-state index contributed by atoms with van der Waals surface area (Å²) in [7, 11) is 0. The number of rotatable bonds is 2. The molecule has 2 aromatic heterocycles. The molecule has 3 heterocycles. The van der Waals surface area contributed by atoms with Crippen molar-refractivity contribution in [2.45, 2.75) is 45.6 Å². The third-order valence-corrected chi connectivity index (χ3v) is 3.90. The van der Waals surface area contributed by atoms with Gasteiger partial charge in [-0.2, -0.15) is 0 Å². The number of aryl methyl sites for hydroxylation is 2. The fraction of sp³-hybridized carbons (Fsp3) is 0.533. The first-order chi connectivity index (χ1) is 10.2. The predicted molar refractivity (Wildman–Crippen MR) is 74.7 cm³/mol. The van der Waals surface area contributed by atoms with E-state index in [0.717, 1.165) is 31.2 Å². The first-order valence-corrected chi connectivity index (χ1v) is 7.32. The van der Waals surface area contributed by atoms with E-state index in [1.165, 1.54) is 0 Å². The fourth-order valence-corrected chi connectivity index (χ4v) is 2.78. The van der Waals surface area contributed by atoms with Gasteiger partial charge >= 0.3 is 0 Å². The number of nitrogens with zero attached hydrogens (tertiary/aromatic N) is 3. The molecular weight excluding hydrogens is 270 g/mol. The molecule has 0 saturated carbocycles. The summed E-state index contributed by atoms with van der Waals surface area (Å²) in [6.45, 7) is 4.32. The molecule has 1 aliphatic rings. The molecule has 0 radical (unpaired) electrons. The normalized spacial score (nSPS) is 19.5. The van der Waals surface area contributed by atoms with E-state index in [1.54, 1.807) is 19.3 Å². The number of likely N-dealkylation sites (tertiary alicyclic amines) is 1. The second-order valence-corrected chi connectivity index (χ2v) is 5.46. The summed E-state index contributed by atoms with van der Waals surface area (Å²) in [5, 5.41) is 7.99. The Morgan fingerprint density at radius 3 is 2.81 bits per heavy atom. The molecule has 6 heteroatoms. The molecule has 112 valence electrons. The molecule has 3 rings (SSSR count). The maximum Gasteiger partial charge on any atom is 0.290 e. The summed E-state index contributed by atoms with van der Waals surface area (Å²) in [5.41, 5.74) is 0.852. The highest BCUT2D eigenvalue weighted by Gasteiger charge is 2.32. The largest absolute Gasteiger partial charge is 0.459 e. The quantitative estimate of drug-likeness (QED) is 0.849. The van der Waals surface area contributed by atoms with Crippen molar-refractivity contribution in [1.82, 2.24) is 15.1 Å². The molecular formula is C15H19N3O3. The van der Waals surface area contributed by atoms with Gasteiger partial charge in [-0.15, -0.1) is 10.2 Å². The molecule has 1 aliphatic heterocycles. The van der Waals surface area contributed by atoms with Gasteiger partial charge in [0.05, 0.1) is 6.26 Å². The van der Waals surface area contributed by atoms with Crippen molar-refractivity contribution >= 4 is 5.91 Å². The van der Waals surface area contributed by atoms with Crippen LogP contribution >= 0.6 is 0 Å². The molecule has 0 aromatic carbocycles. The minimum atomic E-state index is -0.161. The fourth-order valence-electron chi connectivity index (χ4n) is 2.78. The molecule has 6 nitrogen and oxygen atoms in total. The monoisotopic (exact) mass is 289 g/mol. The van der Waals surface area contributed by atoms with E-state index in [0.29, 0.717) is 24.1 Å². The van der Waals surface area contributed by atoms with Crippen LogP contribution in [0.15, 0.2) is 21.2 Å². The molecule has 1 fully saturated rings. The maximum absolute atomic E-state index is 12.8. The molecule has 1 atom stereocenters.